The first-order valence-electron chi connectivity index (χ1n) is 8.36. The number of aliphatic carboxylic acids is 1. The summed E-state index contributed by atoms with van der Waals surface area (Å²) in [6.07, 6.45) is 1.90. The predicted octanol–water partition coefficient (Wildman–Crippen LogP) is 0.0744. The standard InChI is InChI=1S/C16H27N3O5/c1-3-8-17-13(20)4-5-14(21)18(2)11-15(22)19-9-6-12(7-10-19)16(23)24/h12H,3-11H2,1-2H3,(H,17,20)(H,23,24). The molecule has 1 heterocycles. The molecular weight excluding hydrogens is 314 g/mol. The van der Waals surface area contributed by atoms with E-state index in [1.807, 2.05) is 6.92 Å². The molecule has 0 spiro atoms. The van der Waals surface area contributed by atoms with Gasteiger partial charge in [0.15, 0.2) is 0 Å². The zero-order valence-electron chi connectivity index (χ0n) is 14.4. The molecule has 1 saturated heterocycles. The van der Waals surface area contributed by atoms with Crippen LogP contribution in [0.15, 0.2) is 0 Å². The maximum Gasteiger partial charge on any atom is 0.306 e. The summed E-state index contributed by atoms with van der Waals surface area (Å²) in [6.45, 7) is 3.29. The fraction of sp³-hybridized carbons (Fsp3) is 0.750. The molecule has 0 bridgehead atoms. The Kier molecular flexibility index (Phi) is 8.21. The molecule has 2 N–H and O–H groups in total. The van der Waals surface area contributed by atoms with Gasteiger partial charge in [0.1, 0.15) is 0 Å². The number of carbonyl (C=O) groups excluding carboxylic acids is 3. The van der Waals surface area contributed by atoms with Gasteiger partial charge in [0.25, 0.3) is 0 Å². The van der Waals surface area contributed by atoms with Gasteiger partial charge in [0.05, 0.1) is 12.5 Å². The molecule has 24 heavy (non-hydrogen) atoms. The smallest absolute Gasteiger partial charge is 0.306 e. The predicted molar refractivity (Wildman–Crippen MR) is 87.1 cm³/mol. The molecule has 3 amide bonds. The molecule has 136 valence electrons. The van der Waals surface area contributed by atoms with Crippen LogP contribution in [-0.4, -0.2) is 71.8 Å². The first kappa shape index (κ1) is 19.9. The number of nitrogens with one attached hydrogen (secondary N) is 1. The van der Waals surface area contributed by atoms with Gasteiger partial charge in [0.2, 0.25) is 17.7 Å². The van der Waals surface area contributed by atoms with Crippen LogP contribution in [-0.2, 0) is 19.2 Å². The Balaban J connectivity index is 2.32. The number of likely N-dealkylation sites (N-methyl/N-ethyl adjacent to an activating group) is 1. The van der Waals surface area contributed by atoms with Crippen LogP contribution in [0.5, 0.6) is 0 Å². The van der Waals surface area contributed by atoms with Gasteiger partial charge >= 0.3 is 5.97 Å². The third-order valence-corrected chi connectivity index (χ3v) is 4.13. The first-order chi connectivity index (χ1) is 11.3. The quantitative estimate of drug-likeness (QED) is 0.650. The number of carbonyl (C=O) groups is 4. The van der Waals surface area contributed by atoms with Crippen molar-refractivity contribution in [3.63, 3.8) is 0 Å². The molecule has 0 aromatic carbocycles. The van der Waals surface area contributed by atoms with Gasteiger partial charge in [-0.25, -0.2) is 0 Å². The van der Waals surface area contributed by atoms with Crippen molar-refractivity contribution < 1.29 is 24.3 Å². The van der Waals surface area contributed by atoms with Crippen molar-refractivity contribution in [1.82, 2.24) is 15.1 Å². The molecular formula is C16H27N3O5. The second kappa shape index (κ2) is 9.89. The summed E-state index contributed by atoms with van der Waals surface area (Å²) in [5, 5.41) is 11.6. The number of carboxylic acids is 1. The van der Waals surface area contributed by atoms with Crippen molar-refractivity contribution in [3.05, 3.63) is 0 Å². The molecule has 0 radical (unpaired) electrons. The number of hydrogen-bond donors (Lipinski definition) is 2. The number of piperidine rings is 1. The molecule has 0 aromatic heterocycles. The molecule has 1 rings (SSSR count). The number of carboxylic acid groups (broad SMARTS) is 1. The second-order valence-electron chi connectivity index (χ2n) is 6.09. The largest absolute Gasteiger partial charge is 0.481 e. The molecule has 0 saturated carbocycles. The Morgan fingerprint density at radius 3 is 2.33 bits per heavy atom. The highest BCUT2D eigenvalue weighted by Gasteiger charge is 2.27. The lowest BCUT2D eigenvalue weighted by atomic mass is 9.97. The molecule has 8 nitrogen and oxygen atoms in total. The molecule has 1 fully saturated rings. The molecule has 0 unspecified atom stereocenters. The van der Waals surface area contributed by atoms with E-state index in [1.165, 1.54) is 11.9 Å². The number of hydrogen-bond acceptors (Lipinski definition) is 4. The minimum atomic E-state index is -0.823. The van der Waals surface area contributed by atoms with Gasteiger partial charge in [0, 0.05) is 39.5 Å². The third kappa shape index (κ3) is 6.55. The summed E-state index contributed by atoms with van der Waals surface area (Å²) in [7, 11) is 1.54. The van der Waals surface area contributed by atoms with Gasteiger partial charge < -0.3 is 20.2 Å². The van der Waals surface area contributed by atoms with E-state index >= 15 is 0 Å². The summed E-state index contributed by atoms with van der Waals surface area (Å²) in [5.41, 5.74) is 0. The molecule has 1 aliphatic rings. The van der Waals surface area contributed by atoms with Crippen molar-refractivity contribution in [2.75, 3.05) is 33.2 Å². The van der Waals surface area contributed by atoms with Crippen molar-refractivity contribution in [2.24, 2.45) is 5.92 Å². The number of nitrogens with zero attached hydrogens (tertiary/aromatic N) is 2. The Morgan fingerprint density at radius 1 is 1.17 bits per heavy atom. The van der Waals surface area contributed by atoms with Crippen LogP contribution in [0.1, 0.15) is 39.0 Å². The minimum Gasteiger partial charge on any atom is -0.481 e. The summed E-state index contributed by atoms with van der Waals surface area (Å²) < 4.78 is 0. The highest BCUT2D eigenvalue weighted by atomic mass is 16.4. The molecule has 0 aliphatic carbocycles. The molecule has 0 aromatic rings. The van der Waals surface area contributed by atoms with Gasteiger partial charge in [-0.2, -0.15) is 0 Å². The van der Waals surface area contributed by atoms with Gasteiger partial charge in [-0.3, -0.25) is 19.2 Å². The van der Waals surface area contributed by atoms with Gasteiger partial charge in [-0.15, -0.1) is 0 Å². The monoisotopic (exact) mass is 341 g/mol. The number of rotatable bonds is 8. The summed E-state index contributed by atoms with van der Waals surface area (Å²) in [6, 6.07) is 0. The van der Waals surface area contributed by atoms with E-state index in [4.69, 9.17) is 5.11 Å². The summed E-state index contributed by atoms with van der Waals surface area (Å²) >= 11 is 0. The Morgan fingerprint density at radius 2 is 1.79 bits per heavy atom. The molecule has 1 aliphatic heterocycles. The maximum atomic E-state index is 12.2. The fourth-order valence-corrected chi connectivity index (χ4v) is 2.53. The zero-order chi connectivity index (χ0) is 18.1. The van der Waals surface area contributed by atoms with Crippen molar-refractivity contribution >= 4 is 23.7 Å². The van der Waals surface area contributed by atoms with Crippen LogP contribution in [0.3, 0.4) is 0 Å². The topological polar surface area (TPSA) is 107 Å². The average Bonchev–Trinajstić information content (AvgIpc) is 2.57. The maximum absolute atomic E-state index is 12.2. The van der Waals surface area contributed by atoms with Crippen LogP contribution in [0.2, 0.25) is 0 Å². The lowest BCUT2D eigenvalue weighted by Crippen LogP contribution is -2.45. The third-order valence-electron chi connectivity index (χ3n) is 4.13. The highest BCUT2D eigenvalue weighted by molar-refractivity contribution is 5.87. The fourth-order valence-electron chi connectivity index (χ4n) is 2.53. The number of likely N-dealkylation sites (tertiary alicyclic amines) is 1. The Bertz CT molecular complexity index is 472. The molecule has 0 atom stereocenters. The first-order valence-corrected chi connectivity index (χ1v) is 8.36. The average molecular weight is 341 g/mol. The lowest BCUT2D eigenvalue weighted by Gasteiger charge is -2.31. The van der Waals surface area contributed by atoms with Crippen LogP contribution >= 0.6 is 0 Å². The van der Waals surface area contributed by atoms with Crippen LogP contribution < -0.4 is 5.32 Å². The number of amides is 3. The van der Waals surface area contributed by atoms with Gasteiger partial charge in [-0.1, -0.05) is 6.92 Å². The van der Waals surface area contributed by atoms with Gasteiger partial charge in [-0.05, 0) is 19.3 Å². The van der Waals surface area contributed by atoms with E-state index in [-0.39, 0.29) is 37.1 Å². The van der Waals surface area contributed by atoms with Crippen molar-refractivity contribution in [2.45, 2.75) is 39.0 Å². The Hall–Kier alpha value is -2.12. The lowest BCUT2D eigenvalue weighted by molar-refractivity contribution is -0.146. The van der Waals surface area contributed by atoms with E-state index in [0.29, 0.717) is 32.5 Å². The highest BCUT2D eigenvalue weighted by Crippen LogP contribution is 2.17. The van der Waals surface area contributed by atoms with E-state index in [1.54, 1.807) is 4.90 Å². The van der Waals surface area contributed by atoms with Crippen molar-refractivity contribution in [1.29, 1.82) is 0 Å². The van der Waals surface area contributed by atoms with Crippen molar-refractivity contribution in [3.8, 4) is 0 Å². The normalized spacial score (nSPS) is 15.0. The SMILES string of the molecule is CCCNC(=O)CCC(=O)N(C)CC(=O)N1CCC(C(=O)O)CC1. The summed E-state index contributed by atoms with van der Waals surface area (Å²) in [5.74, 6) is -1.83. The van der Waals surface area contributed by atoms with E-state index in [9.17, 15) is 19.2 Å². The van der Waals surface area contributed by atoms with E-state index < -0.39 is 11.9 Å². The van der Waals surface area contributed by atoms with Crippen LogP contribution in [0, 0.1) is 5.92 Å². The summed E-state index contributed by atoms with van der Waals surface area (Å²) in [4.78, 5) is 49.4. The minimum absolute atomic E-state index is 0.0485. The molecule has 8 heteroatoms. The van der Waals surface area contributed by atoms with Crippen LogP contribution in [0.25, 0.3) is 0 Å². The van der Waals surface area contributed by atoms with E-state index in [2.05, 4.69) is 5.32 Å². The van der Waals surface area contributed by atoms with Crippen LogP contribution in [0.4, 0.5) is 0 Å². The second-order valence-corrected chi connectivity index (χ2v) is 6.09. The Labute approximate surface area is 142 Å². The van der Waals surface area contributed by atoms with E-state index in [0.717, 1.165) is 6.42 Å². The zero-order valence-corrected chi connectivity index (χ0v) is 14.4.